The van der Waals surface area contributed by atoms with Crippen molar-refractivity contribution < 1.29 is 0 Å². The van der Waals surface area contributed by atoms with Crippen molar-refractivity contribution in [2.75, 3.05) is 11.9 Å². The highest BCUT2D eigenvalue weighted by atomic mass is 32.1. The van der Waals surface area contributed by atoms with E-state index < -0.39 is 0 Å². The molecule has 1 aliphatic carbocycles. The second-order valence-electron chi connectivity index (χ2n) is 5.59. The van der Waals surface area contributed by atoms with Crippen LogP contribution in [0.1, 0.15) is 47.5 Å². The van der Waals surface area contributed by atoms with Gasteiger partial charge in [-0.05, 0) is 55.7 Å². The first-order valence-electron chi connectivity index (χ1n) is 7.40. The van der Waals surface area contributed by atoms with Gasteiger partial charge < -0.3 is 4.90 Å². The van der Waals surface area contributed by atoms with Gasteiger partial charge in [-0.2, -0.15) is 5.26 Å². The van der Waals surface area contributed by atoms with Gasteiger partial charge in [0.05, 0.1) is 11.6 Å². The first-order chi connectivity index (χ1) is 10.2. The van der Waals surface area contributed by atoms with Crippen LogP contribution in [0.5, 0.6) is 0 Å². The zero-order valence-electron chi connectivity index (χ0n) is 12.5. The lowest BCUT2D eigenvalue weighted by molar-refractivity contribution is 0.660. The Morgan fingerprint density at radius 1 is 1.38 bits per heavy atom. The number of hydrogen-bond donors (Lipinski definition) is 0. The number of thiophene rings is 1. The van der Waals surface area contributed by atoms with E-state index in [2.05, 4.69) is 41.5 Å². The van der Waals surface area contributed by atoms with Crippen molar-refractivity contribution in [1.82, 2.24) is 4.98 Å². The Hall–Kier alpha value is -1.86. The summed E-state index contributed by atoms with van der Waals surface area (Å²) in [6.07, 6.45) is 4.51. The quantitative estimate of drug-likeness (QED) is 0.856. The zero-order valence-corrected chi connectivity index (χ0v) is 13.3. The van der Waals surface area contributed by atoms with Crippen molar-refractivity contribution >= 4 is 17.2 Å². The number of hydrogen-bond acceptors (Lipinski definition) is 4. The molecule has 21 heavy (non-hydrogen) atoms. The third-order valence-corrected chi connectivity index (χ3v) is 5.31. The first kappa shape index (κ1) is 14.1. The summed E-state index contributed by atoms with van der Waals surface area (Å²) in [6.45, 7) is 2.16. The van der Waals surface area contributed by atoms with Crippen LogP contribution in [0.3, 0.4) is 0 Å². The zero-order chi connectivity index (χ0) is 14.8. The van der Waals surface area contributed by atoms with Crippen molar-refractivity contribution in [2.24, 2.45) is 0 Å². The van der Waals surface area contributed by atoms with E-state index >= 15 is 0 Å². The summed E-state index contributed by atoms with van der Waals surface area (Å²) in [5.74, 6) is 0.819. The largest absolute Gasteiger partial charge is 0.351 e. The maximum atomic E-state index is 9.47. The monoisotopic (exact) mass is 297 g/mol. The number of nitrogens with zero attached hydrogens (tertiary/aromatic N) is 3. The van der Waals surface area contributed by atoms with Crippen molar-refractivity contribution in [3.8, 4) is 6.07 Å². The van der Waals surface area contributed by atoms with Crippen LogP contribution < -0.4 is 4.90 Å². The molecule has 0 radical (unpaired) electrons. The van der Waals surface area contributed by atoms with E-state index in [1.807, 2.05) is 7.05 Å². The predicted octanol–water partition coefficient (Wildman–Crippen LogP) is 4.09. The fraction of sp³-hybridized carbons (Fsp3) is 0.412. The van der Waals surface area contributed by atoms with Gasteiger partial charge in [0, 0.05) is 17.6 Å². The molecule has 1 unspecified atom stereocenters. The van der Waals surface area contributed by atoms with E-state index in [9.17, 15) is 5.26 Å². The fourth-order valence-electron chi connectivity index (χ4n) is 2.88. The van der Waals surface area contributed by atoms with Crippen molar-refractivity contribution in [1.29, 1.82) is 5.26 Å². The topological polar surface area (TPSA) is 39.9 Å². The van der Waals surface area contributed by atoms with Gasteiger partial charge >= 0.3 is 0 Å². The van der Waals surface area contributed by atoms with Gasteiger partial charge in [0.25, 0.3) is 0 Å². The summed E-state index contributed by atoms with van der Waals surface area (Å²) < 4.78 is 0. The summed E-state index contributed by atoms with van der Waals surface area (Å²) in [6, 6.07) is 8.80. The molecule has 108 valence electrons. The molecule has 1 aliphatic rings. The third-order valence-electron chi connectivity index (χ3n) is 4.27. The van der Waals surface area contributed by atoms with Crippen molar-refractivity contribution in [3.63, 3.8) is 0 Å². The Morgan fingerprint density at radius 2 is 2.19 bits per heavy atom. The van der Waals surface area contributed by atoms with Crippen LogP contribution in [-0.2, 0) is 12.8 Å². The van der Waals surface area contributed by atoms with Crippen LogP contribution in [0.4, 0.5) is 5.82 Å². The van der Waals surface area contributed by atoms with Crippen molar-refractivity contribution in [3.05, 3.63) is 45.3 Å². The van der Waals surface area contributed by atoms with Gasteiger partial charge in [-0.1, -0.05) is 6.07 Å². The number of aromatic nitrogens is 1. The molecule has 2 aromatic rings. The van der Waals surface area contributed by atoms with Crippen LogP contribution in [0.25, 0.3) is 0 Å². The predicted molar refractivity (Wildman–Crippen MR) is 86.7 cm³/mol. The maximum absolute atomic E-state index is 9.47. The van der Waals surface area contributed by atoms with Gasteiger partial charge in [-0.15, -0.1) is 11.3 Å². The molecule has 0 aromatic carbocycles. The molecule has 0 N–H and O–H groups in total. The normalized spacial score (nSPS) is 15.1. The highest BCUT2D eigenvalue weighted by Crippen LogP contribution is 2.31. The smallest absolute Gasteiger partial charge is 0.147 e. The molecule has 3 rings (SSSR count). The molecule has 2 heterocycles. The second-order valence-corrected chi connectivity index (χ2v) is 6.57. The van der Waals surface area contributed by atoms with E-state index in [1.165, 1.54) is 29.0 Å². The van der Waals surface area contributed by atoms with Gasteiger partial charge in [-0.3, -0.25) is 0 Å². The van der Waals surface area contributed by atoms with Gasteiger partial charge in [0.1, 0.15) is 11.9 Å². The highest BCUT2D eigenvalue weighted by molar-refractivity contribution is 7.10. The SMILES string of the molecule is CC(c1cccs1)N(C)c1nc2c(cc1C#N)CCCC2. The van der Waals surface area contributed by atoms with Crippen LogP contribution in [0, 0.1) is 11.3 Å². The minimum absolute atomic E-state index is 0.228. The number of aryl methyl sites for hydroxylation is 2. The summed E-state index contributed by atoms with van der Waals surface area (Å²) in [4.78, 5) is 8.24. The Balaban J connectivity index is 1.99. The van der Waals surface area contributed by atoms with E-state index in [-0.39, 0.29) is 6.04 Å². The van der Waals surface area contributed by atoms with Gasteiger partial charge in [-0.25, -0.2) is 4.98 Å². The van der Waals surface area contributed by atoms with Crippen LogP contribution in [-0.4, -0.2) is 12.0 Å². The molecule has 0 fully saturated rings. The molecular formula is C17H19N3S. The lowest BCUT2D eigenvalue weighted by atomic mass is 9.94. The maximum Gasteiger partial charge on any atom is 0.147 e. The van der Waals surface area contributed by atoms with Gasteiger partial charge in [0.15, 0.2) is 0 Å². The number of pyridine rings is 1. The lowest BCUT2D eigenvalue weighted by Crippen LogP contribution is -2.24. The minimum atomic E-state index is 0.228. The Bertz CT molecular complexity index is 670. The molecule has 0 spiro atoms. The van der Waals surface area contributed by atoms with E-state index in [0.29, 0.717) is 5.56 Å². The average molecular weight is 297 g/mol. The molecular weight excluding hydrogens is 278 g/mol. The second kappa shape index (κ2) is 5.87. The lowest BCUT2D eigenvalue weighted by Gasteiger charge is -2.27. The average Bonchev–Trinajstić information content (AvgIpc) is 3.06. The molecule has 0 aliphatic heterocycles. The number of fused-ring (bicyclic) bond motifs is 1. The number of anilines is 1. The first-order valence-corrected chi connectivity index (χ1v) is 8.28. The van der Waals surface area contributed by atoms with Gasteiger partial charge in [0.2, 0.25) is 0 Å². The highest BCUT2D eigenvalue weighted by Gasteiger charge is 2.21. The molecule has 3 nitrogen and oxygen atoms in total. The third kappa shape index (κ3) is 2.66. The molecule has 1 atom stereocenters. The van der Waals surface area contributed by atoms with E-state index in [0.717, 1.165) is 18.7 Å². The van der Waals surface area contributed by atoms with Crippen LogP contribution in [0.15, 0.2) is 23.6 Å². The number of rotatable bonds is 3. The molecule has 0 saturated carbocycles. The molecule has 4 heteroatoms. The van der Waals surface area contributed by atoms with Crippen molar-refractivity contribution in [2.45, 2.75) is 38.6 Å². The fourth-order valence-corrected chi connectivity index (χ4v) is 3.70. The van der Waals surface area contributed by atoms with E-state index in [4.69, 9.17) is 4.98 Å². The number of nitriles is 1. The summed E-state index contributed by atoms with van der Waals surface area (Å²) >= 11 is 1.74. The van der Waals surface area contributed by atoms with Crippen LogP contribution in [0.2, 0.25) is 0 Å². The summed E-state index contributed by atoms with van der Waals surface area (Å²) in [5.41, 5.74) is 3.14. The summed E-state index contributed by atoms with van der Waals surface area (Å²) in [5, 5.41) is 11.6. The molecule has 0 saturated heterocycles. The molecule has 0 amide bonds. The van der Waals surface area contributed by atoms with Crippen LogP contribution >= 0.6 is 11.3 Å². The Morgan fingerprint density at radius 3 is 2.90 bits per heavy atom. The van der Waals surface area contributed by atoms with E-state index in [1.54, 1.807) is 11.3 Å². The standard InChI is InChI=1S/C17H19N3S/c1-12(16-8-5-9-21-16)20(2)17-14(11-18)10-13-6-3-4-7-15(13)19-17/h5,8-10,12H,3-4,6-7H2,1-2H3. The molecule has 0 bridgehead atoms. The Kier molecular flexibility index (Phi) is 3.94. The minimum Gasteiger partial charge on any atom is -0.351 e. The Labute approximate surface area is 129 Å². The molecule has 2 aromatic heterocycles. The summed E-state index contributed by atoms with van der Waals surface area (Å²) in [7, 11) is 2.03.